The van der Waals surface area contributed by atoms with Crippen molar-refractivity contribution in [1.29, 1.82) is 0 Å². The molecule has 0 fully saturated rings. The second-order valence-electron chi connectivity index (χ2n) is 4.02. The van der Waals surface area contributed by atoms with Crippen LogP contribution in [0.15, 0.2) is 41.0 Å². The highest BCUT2D eigenvalue weighted by Gasteiger charge is 2.10. The van der Waals surface area contributed by atoms with Crippen LogP contribution in [-0.4, -0.2) is 17.4 Å². The van der Waals surface area contributed by atoms with Crippen LogP contribution in [0.4, 0.5) is 17.1 Å². The molecule has 0 amide bonds. The van der Waals surface area contributed by atoms with Crippen molar-refractivity contribution in [3.63, 3.8) is 0 Å². The highest BCUT2D eigenvalue weighted by Crippen LogP contribution is 2.28. The lowest BCUT2D eigenvalue weighted by Gasteiger charge is -2.07. The number of anilines is 3. The molecule has 0 unspecified atom stereocenters. The van der Waals surface area contributed by atoms with Crippen LogP contribution in [0.1, 0.15) is 0 Å². The van der Waals surface area contributed by atoms with Gasteiger partial charge < -0.3 is 15.8 Å². The SMILES string of the molecule is COc1ccc(Nc2ccc(N)c3nonc23)cc1. The highest BCUT2D eigenvalue weighted by atomic mass is 16.6. The van der Waals surface area contributed by atoms with E-state index >= 15 is 0 Å². The molecular formula is C13H12N4O2. The minimum absolute atomic E-state index is 0.538. The fourth-order valence-corrected chi connectivity index (χ4v) is 1.82. The fraction of sp³-hybridized carbons (Fsp3) is 0.0769. The van der Waals surface area contributed by atoms with E-state index in [1.165, 1.54) is 0 Å². The molecule has 0 aliphatic rings. The van der Waals surface area contributed by atoms with E-state index < -0.39 is 0 Å². The first-order valence-electron chi connectivity index (χ1n) is 5.70. The van der Waals surface area contributed by atoms with E-state index in [0.717, 1.165) is 17.1 Å². The van der Waals surface area contributed by atoms with Crippen LogP contribution in [0, 0.1) is 0 Å². The summed E-state index contributed by atoms with van der Waals surface area (Å²) in [5, 5.41) is 10.9. The van der Waals surface area contributed by atoms with E-state index in [1.807, 2.05) is 30.3 Å². The minimum atomic E-state index is 0.538. The first-order valence-corrected chi connectivity index (χ1v) is 5.70. The Kier molecular flexibility index (Phi) is 2.68. The van der Waals surface area contributed by atoms with Crippen molar-refractivity contribution in [2.75, 3.05) is 18.2 Å². The Morgan fingerprint density at radius 3 is 2.53 bits per heavy atom. The Labute approximate surface area is 109 Å². The first kappa shape index (κ1) is 11.3. The smallest absolute Gasteiger partial charge is 0.160 e. The molecular weight excluding hydrogens is 244 g/mol. The van der Waals surface area contributed by atoms with E-state index in [1.54, 1.807) is 13.2 Å². The summed E-state index contributed by atoms with van der Waals surface area (Å²) < 4.78 is 9.83. The third kappa shape index (κ3) is 2.03. The normalized spacial score (nSPS) is 10.6. The second kappa shape index (κ2) is 4.49. The molecule has 3 N–H and O–H groups in total. The molecule has 0 aliphatic heterocycles. The number of nitrogens with two attached hydrogens (primary N) is 1. The molecule has 96 valence electrons. The molecule has 0 aliphatic carbocycles. The van der Waals surface area contributed by atoms with E-state index in [0.29, 0.717) is 16.7 Å². The number of methoxy groups -OCH3 is 1. The van der Waals surface area contributed by atoms with Crippen molar-refractivity contribution in [1.82, 2.24) is 10.3 Å². The van der Waals surface area contributed by atoms with Gasteiger partial charge in [-0.2, -0.15) is 0 Å². The average molecular weight is 256 g/mol. The minimum Gasteiger partial charge on any atom is -0.497 e. The molecule has 1 aromatic heterocycles. The van der Waals surface area contributed by atoms with Crippen LogP contribution in [0.25, 0.3) is 11.0 Å². The Morgan fingerprint density at radius 1 is 1.05 bits per heavy atom. The maximum Gasteiger partial charge on any atom is 0.160 e. The summed E-state index contributed by atoms with van der Waals surface area (Å²) in [6, 6.07) is 11.2. The van der Waals surface area contributed by atoms with E-state index in [2.05, 4.69) is 15.6 Å². The number of nitrogen functional groups attached to an aromatic ring is 1. The molecule has 6 heteroatoms. The van der Waals surface area contributed by atoms with E-state index in [9.17, 15) is 0 Å². The summed E-state index contributed by atoms with van der Waals surface area (Å²) in [5.41, 5.74) is 9.19. The Hall–Kier alpha value is -2.76. The molecule has 3 rings (SSSR count). The Morgan fingerprint density at radius 2 is 1.79 bits per heavy atom. The van der Waals surface area contributed by atoms with Gasteiger partial charge in [0.05, 0.1) is 18.5 Å². The average Bonchev–Trinajstić information content (AvgIpc) is 2.93. The quantitative estimate of drug-likeness (QED) is 0.700. The number of rotatable bonds is 3. The zero-order chi connectivity index (χ0) is 13.2. The van der Waals surface area contributed by atoms with Gasteiger partial charge in [0.2, 0.25) is 0 Å². The summed E-state index contributed by atoms with van der Waals surface area (Å²) >= 11 is 0. The van der Waals surface area contributed by atoms with Crippen LogP contribution in [0.3, 0.4) is 0 Å². The number of ether oxygens (including phenoxy) is 1. The zero-order valence-corrected chi connectivity index (χ0v) is 10.3. The number of nitrogens with zero attached hydrogens (tertiary/aromatic N) is 2. The molecule has 2 aromatic carbocycles. The number of fused-ring (bicyclic) bond motifs is 1. The van der Waals surface area contributed by atoms with Gasteiger partial charge in [-0.05, 0) is 46.7 Å². The van der Waals surface area contributed by atoms with Crippen LogP contribution >= 0.6 is 0 Å². The predicted octanol–water partition coefficient (Wildman–Crippen LogP) is 2.56. The molecule has 0 radical (unpaired) electrons. The molecule has 0 atom stereocenters. The monoisotopic (exact) mass is 256 g/mol. The van der Waals surface area contributed by atoms with Crippen LogP contribution in [0.2, 0.25) is 0 Å². The van der Waals surface area contributed by atoms with Gasteiger partial charge in [-0.15, -0.1) is 0 Å². The van der Waals surface area contributed by atoms with Crippen molar-refractivity contribution in [2.24, 2.45) is 0 Å². The standard InChI is InChI=1S/C13H12N4O2/c1-18-9-4-2-8(3-5-9)15-11-7-6-10(14)12-13(11)17-19-16-12/h2-7,15H,14H2,1H3. The van der Waals surface area contributed by atoms with Crippen molar-refractivity contribution in [3.8, 4) is 5.75 Å². The summed E-state index contributed by atoms with van der Waals surface area (Å²) in [6.07, 6.45) is 0. The summed E-state index contributed by atoms with van der Waals surface area (Å²) in [4.78, 5) is 0. The van der Waals surface area contributed by atoms with Gasteiger partial charge in [-0.1, -0.05) is 0 Å². The van der Waals surface area contributed by atoms with Crippen LogP contribution in [-0.2, 0) is 0 Å². The topological polar surface area (TPSA) is 86.2 Å². The van der Waals surface area contributed by atoms with Crippen molar-refractivity contribution < 1.29 is 9.37 Å². The number of nitrogens with one attached hydrogen (secondary N) is 1. The molecule has 3 aromatic rings. The van der Waals surface area contributed by atoms with Crippen LogP contribution in [0.5, 0.6) is 5.75 Å². The van der Waals surface area contributed by atoms with Gasteiger partial charge in [0.1, 0.15) is 5.75 Å². The summed E-state index contributed by atoms with van der Waals surface area (Å²) in [6.45, 7) is 0. The fourth-order valence-electron chi connectivity index (χ4n) is 1.82. The second-order valence-corrected chi connectivity index (χ2v) is 4.02. The number of hydrogen-bond donors (Lipinski definition) is 2. The third-order valence-electron chi connectivity index (χ3n) is 2.82. The molecule has 0 saturated heterocycles. The van der Waals surface area contributed by atoms with Crippen molar-refractivity contribution in [3.05, 3.63) is 36.4 Å². The van der Waals surface area contributed by atoms with E-state index in [-0.39, 0.29) is 0 Å². The molecule has 0 spiro atoms. The Balaban J connectivity index is 1.96. The van der Waals surface area contributed by atoms with Gasteiger partial charge in [-0.3, -0.25) is 0 Å². The third-order valence-corrected chi connectivity index (χ3v) is 2.82. The lowest BCUT2D eigenvalue weighted by molar-refractivity contribution is 0.316. The Bertz CT molecular complexity index is 706. The number of benzene rings is 2. The molecule has 19 heavy (non-hydrogen) atoms. The van der Waals surface area contributed by atoms with Crippen molar-refractivity contribution in [2.45, 2.75) is 0 Å². The zero-order valence-electron chi connectivity index (χ0n) is 10.3. The van der Waals surface area contributed by atoms with Gasteiger partial charge in [0.25, 0.3) is 0 Å². The molecule has 6 nitrogen and oxygen atoms in total. The van der Waals surface area contributed by atoms with Gasteiger partial charge in [0.15, 0.2) is 11.0 Å². The molecule has 0 bridgehead atoms. The predicted molar refractivity (Wildman–Crippen MR) is 72.5 cm³/mol. The maximum atomic E-state index is 5.79. The largest absolute Gasteiger partial charge is 0.497 e. The number of aromatic nitrogens is 2. The lowest BCUT2D eigenvalue weighted by atomic mass is 10.2. The molecule has 1 heterocycles. The first-order chi connectivity index (χ1) is 9.28. The number of hydrogen-bond acceptors (Lipinski definition) is 6. The molecule has 0 saturated carbocycles. The van der Waals surface area contributed by atoms with Gasteiger partial charge >= 0.3 is 0 Å². The lowest BCUT2D eigenvalue weighted by Crippen LogP contribution is -1.94. The highest BCUT2D eigenvalue weighted by molar-refractivity contribution is 5.96. The van der Waals surface area contributed by atoms with Gasteiger partial charge in [0, 0.05) is 5.69 Å². The van der Waals surface area contributed by atoms with E-state index in [4.69, 9.17) is 15.1 Å². The summed E-state index contributed by atoms with van der Waals surface area (Å²) in [7, 11) is 1.63. The van der Waals surface area contributed by atoms with Crippen molar-refractivity contribution >= 4 is 28.1 Å². The maximum absolute atomic E-state index is 5.79. The van der Waals surface area contributed by atoms with Gasteiger partial charge in [-0.25, -0.2) is 4.63 Å². The van der Waals surface area contributed by atoms with Crippen LogP contribution < -0.4 is 15.8 Å². The summed E-state index contributed by atoms with van der Waals surface area (Å²) in [5.74, 6) is 0.802.